The second-order valence-corrected chi connectivity index (χ2v) is 3.11. The number of para-hydroxylation sites is 1. The number of halogens is 3. The van der Waals surface area contributed by atoms with E-state index < -0.39 is 12.3 Å². The third-order valence-electron chi connectivity index (χ3n) is 1.96. The van der Waals surface area contributed by atoms with Gasteiger partial charge in [0.2, 0.25) is 0 Å². The zero-order chi connectivity index (χ0) is 11.5. The normalized spacial score (nSPS) is 13.7. The number of benzene rings is 1. The molecule has 0 aliphatic carbocycles. The van der Waals surface area contributed by atoms with Gasteiger partial charge >= 0.3 is 6.18 Å². The van der Waals surface area contributed by atoms with Gasteiger partial charge in [-0.1, -0.05) is 18.2 Å². The number of hydrogen-bond acceptors (Lipinski definition) is 2. The van der Waals surface area contributed by atoms with Crippen molar-refractivity contribution >= 4 is 0 Å². The molecule has 0 amide bonds. The van der Waals surface area contributed by atoms with Crippen LogP contribution in [0.5, 0.6) is 5.75 Å². The van der Waals surface area contributed by atoms with Crippen molar-refractivity contribution in [1.82, 2.24) is 0 Å². The van der Waals surface area contributed by atoms with Crippen LogP contribution < -0.4 is 10.5 Å². The van der Waals surface area contributed by atoms with Crippen molar-refractivity contribution in [2.45, 2.75) is 25.7 Å². The van der Waals surface area contributed by atoms with Crippen LogP contribution in [0.3, 0.4) is 0 Å². The highest BCUT2D eigenvalue weighted by Gasteiger charge is 2.38. The van der Waals surface area contributed by atoms with Crippen LogP contribution in [0.4, 0.5) is 13.2 Å². The molecule has 1 unspecified atom stereocenters. The zero-order valence-corrected chi connectivity index (χ0v) is 8.21. The molecule has 1 aromatic carbocycles. The van der Waals surface area contributed by atoms with E-state index in [1.807, 2.05) is 0 Å². The van der Waals surface area contributed by atoms with Crippen LogP contribution >= 0.6 is 0 Å². The Hall–Kier alpha value is -1.23. The largest absolute Gasteiger partial charge is 0.481 e. The molecule has 0 aliphatic rings. The number of rotatable bonds is 3. The minimum Gasteiger partial charge on any atom is -0.481 e. The lowest BCUT2D eigenvalue weighted by Crippen LogP contribution is -2.31. The van der Waals surface area contributed by atoms with Crippen LogP contribution in [0, 0.1) is 0 Å². The predicted molar refractivity (Wildman–Crippen MR) is 50.5 cm³/mol. The summed E-state index contributed by atoms with van der Waals surface area (Å²) in [5.74, 6) is 0.185. The van der Waals surface area contributed by atoms with Gasteiger partial charge in [0.05, 0.1) is 0 Å². The summed E-state index contributed by atoms with van der Waals surface area (Å²) in [6.07, 6.45) is -6.19. The van der Waals surface area contributed by atoms with Gasteiger partial charge in [-0.3, -0.25) is 0 Å². The first-order valence-corrected chi connectivity index (χ1v) is 4.46. The molecule has 0 aliphatic heterocycles. The molecule has 0 saturated heterocycles. The molecule has 0 bridgehead atoms. The molecule has 2 nitrogen and oxygen atoms in total. The van der Waals surface area contributed by atoms with E-state index in [1.54, 1.807) is 18.2 Å². The summed E-state index contributed by atoms with van der Waals surface area (Å²) in [6, 6.07) is 6.42. The summed E-state index contributed by atoms with van der Waals surface area (Å²) in [7, 11) is 0. The van der Waals surface area contributed by atoms with Gasteiger partial charge in [0, 0.05) is 12.1 Å². The minimum atomic E-state index is -4.36. The lowest BCUT2D eigenvalue weighted by Gasteiger charge is -2.19. The van der Waals surface area contributed by atoms with Gasteiger partial charge < -0.3 is 10.5 Å². The molecule has 0 aromatic heterocycles. The second-order valence-electron chi connectivity index (χ2n) is 3.11. The number of hydrogen-bond donors (Lipinski definition) is 1. The fraction of sp³-hybridized carbons (Fsp3) is 0.400. The van der Waals surface area contributed by atoms with Gasteiger partial charge in [-0.15, -0.1) is 0 Å². The Labute approximate surface area is 85.8 Å². The number of nitrogens with two attached hydrogens (primary N) is 1. The summed E-state index contributed by atoms with van der Waals surface area (Å²) in [5.41, 5.74) is 5.94. The maximum atomic E-state index is 12.2. The average Bonchev–Trinajstić information content (AvgIpc) is 2.17. The monoisotopic (exact) mass is 219 g/mol. The standard InChI is InChI=1S/C10H12F3NO/c1-7(10(11,12)13)15-9-5-3-2-4-8(9)6-14/h2-5,7H,6,14H2,1H3. The summed E-state index contributed by atoms with van der Waals surface area (Å²) in [4.78, 5) is 0. The first kappa shape index (κ1) is 11.8. The van der Waals surface area contributed by atoms with Crippen LogP contribution in [0.25, 0.3) is 0 Å². The van der Waals surface area contributed by atoms with E-state index in [0.29, 0.717) is 5.56 Å². The third kappa shape index (κ3) is 3.13. The quantitative estimate of drug-likeness (QED) is 0.847. The smallest absolute Gasteiger partial charge is 0.425 e. The van der Waals surface area contributed by atoms with Crippen LogP contribution in [0.2, 0.25) is 0 Å². The van der Waals surface area contributed by atoms with Gasteiger partial charge in [-0.05, 0) is 13.0 Å². The molecule has 15 heavy (non-hydrogen) atoms. The highest BCUT2D eigenvalue weighted by atomic mass is 19.4. The van der Waals surface area contributed by atoms with Gasteiger partial charge in [-0.2, -0.15) is 13.2 Å². The topological polar surface area (TPSA) is 35.2 Å². The molecule has 1 atom stereocenters. The maximum absolute atomic E-state index is 12.2. The molecular formula is C10H12F3NO. The SMILES string of the molecule is CC(Oc1ccccc1CN)C(F)(F)F. The van der Waals surface area contributed by atoms with E-state index in [2.05, 4.69) is 0 Å². The van der Waals surface area contributed by atoms with Crippen LogP contribution in [0.15, 0.2) is 24.3 Å². The maximum Gasteiger partial charge on any atom is 0.425 e. The summed E-state index contributed by atoms with van der Waals surface area (Å²) in [6.45, 7) is 1.12. The Morgan fingerprint density at radius 2 is 1.93 bits per heavy atom. The molecule has 0 radical (unpaired) electrons. The highest BCUT2D eigenvalue weighted by Crippen LogP contribution is 2.26. The third-order valence-corrected chi connectivity index (χ3v) is 1.96. The van der Waals surface area contributed by atoms with Crippen molar-refractivity contribution in [1.29, 1.82) is 0 Å². The van der Waals surface area contributed by atoms with Crippen molar-refractivity contribution in [3.05, 3.63) is 29.8 Å². The molecule has 0 fully saturated rings. The van der Waals surface area contributed by atoms with Crippen LogP contribution in [0.1, 0.15) is 12.5 Å². The molecular weight excluding hydrogens is 207 g/mol. The molecule has 1 rings (SSSR count). The lowest BCUT2D eigenvalue weighted by molar-refractivity contribution is -0.189. The van der Waals surface area contributed by atoms with Crippen molar-refractivity contribution in [2.75, 3.05) is 0 Å². The molecule has 0 saturated carbocycles. The molecule has 5 heteroatoms. The van der Waals surface area contributed by atoms with E-state index in [4.69, 9.17) is 10.5 Å². The summed E-state index contributed by atoms with van der Waals surface area (Å²) < 4.78 is 41.4. The predicted octanol–water partition coefficient (Wildman–Crippen LogP) is 2.47. The van der Waals surface area contributed by atoms with E-state index in [-0.39, 0.29) is 12.3 Å². The molecule has 0 heterocycles. The van der Waals surface area contributed by atoms with E-state index >= 15 is 0 Å². The lowest BCUT2D eigenvalue weighted by atomic mass is 10.2. The highest BCUT2D eigenvalue weighted by molar-refractivity contribution is 5.33. The molecule has 84 valence electrons. The summed E-state index contributed by atoms with van der Waals surface area (Å²) >= 11 is 0. The van der Waals surface area contributed by atoms with Crippen molar-refractivity contribution in [3.8, 4) is 5.75 Å². The average molecular weight is 219 g/mol. The Morgan fingerprint density at radius 3 is 2.47 bits per heavy atom. The molecule has 2 N–H and O–H groups in total. The summed E-state index contributed by atoms with van der Waals surface area (Å²) in [5, 5.41) is 0. The van der Waals surface area contributed by atoms with Gasteiger partial charge in [0.15, 0.2) is 6.10 Å². The van der Waals surface area contributed by atoms with Gasteiger partial charge in [0.25, 0.3) is 0 Å². The zero-order valence-electron chi connectivity index (χ0n) is 8.21. The number of alkyl halides is 3. The van der Waals surface area contributed by atoms with Crippen LogP contribution in [-0.2, 0) is 6.54 Å². The Kier molecular flexibility index (Phi) is 3.57. The second kappa shape index (κ2) is 4.53. The fourth-order valence-electron chi connectivity index (χ4n) is 1.04. The van der Waals surface area contributed by atoms with Crippen molar-refractivity contribution in [2.24, 2.45) is 5.73 Å². The number of ether oxygens (including phenoxy) is 1. The Morgan fingerprint density at radius 1 is 1.33 bits per heavy atom. The first-order valence-electron chi connectivity index (χ1n) is 4.46. The Bertz CT molecular complexity index is 325. The molecule has 1 aromatic rings. The molecule has 0 spiro atoms. The van der Waals surface area contributed by atoms with E-state index in [0.717, 1.165) is 6.92 Å². The van der Waals surface area contributed by atoms with Gasteiger partial charge in [-0.25, -0.2) is 0 Å². The first-order chi connectivity index (χ1) is 6.95. The fourth-order valence-corrected chi connectivity index (χ4v) is 1.04. The van der Waals surface area contributed by atoms with Gasteiger partial charge in [0.1, 0.15) is 5.75 Å². The minimum absolute atomic E-state index is 0.154. The van der Waals surface area contributed by atoms with Crippen LogP contribution in [-0.4, -0.2) is 12.3 Å². The van der Waals surface area contributed by atoms with Crippen molar-refractivity contribution < 1.29 is 17.9 Å². The van der Waals surface area contributed by atoms with Crippen molar-refractivity contribution in [3.63, 3.8) is 0 Å². The van der Waals surface area contributed by atoms with E-state index in [1.165, 1.54) is 6.07 Å². The van der Waals surface area contributed by atoms with E-state index in [9.17, 15) is 13.2 Å². The Balaban J connectivity index is 2.80.